The largest absolute Gasteiger partial charge is 0.416 e. The van der Waals surface area contributed by atoms with Crippen LogP contribution >= 0.6 is 0 Å². The zero-order valence-electron chi connectivity index (χ0n) is 17.5. The molecule has 2 aromatic rings. The molecule has 176 valence electrons. The molecule has 11 heteroatoms. The molecule has 4 rings (SSSR count). The first kappa shape index (κ1) is 23.2. The third-order valence-electron chi connectivity index (χ3n) is 5.69. The number of anilines is 1. The van der Waals surface area contributed by atoms with E-state index >= 15 is 0 Å². The van der Waals surface area contributed by atoms with Crippen molar-refractivity contribution in [2.75, 3.05) is 31.5 Å². The SMILES string of the molecule is O=C(Nc1ccc(C(=O)N2CCN(S(=O)(=O)c3ccc(C(F)(F)F)cc3)CC2)cc1)C1CC1. The zero-order valence-corrected chi connectivity index (χ0v) is 18.3. The molecule has 33 heavy (non-hydrogen) atoms. The van der Waals surface area contributed by atoms with E-state index in [-0.39, 0.29) is 48.8 Å². The van der Waals surface area contributed by atoms with Crippen LogP contribution in [0.3, 0.4) is 0 Å². The molecule has 2 amide bonds. The van der Waals surface area contributed by atoms with E-state index in [1.54, 1.807) is 24.3 Å². The van der Waals surface area contributed by atoms with Crippen LogP contribution in [0.15, 0.2) is 53.4 Å². The fourth-order valence-electron chi connectivity index (χ4n) is 3.57. The highest BCUT2D eigenvalue weighted by Gasteiger charge is 2.33. The highest BCUT2D eigenvalue weighted by molar-refractivity contribution is 7.89. The number of nitrogens with zero attached hydrogens (tertiary/aromatic N) is 2. The third-order valence-corrected chi connectivity index (χ3v) is 7.61. The number of amides is 2. The van der Waals surface area contributed by atoms with E-state index in [1.807, 2.05) is 0 Å². The lowest BCUT2D eigenvalue weighted by molar-refractivity contribution is -0.137. The number of hydrogen-bond acceptors (Lipinski definition) is 4. The Bertz CT molecular complexity index is 1140. The topological polar surface area (TPSA) is 86.8 Å². The number of carbonyl (C=O) groups excluding carboxylic acids is 2. The number of rotatable bonds is 5. The van der Waals surface area contributed by atoms with E-state index in [1.165, 1.54) is 4.90 Å². The summed E-state index contributed by atoms with van der Waals surface area (Å²) in [6, 6.07) is 9.88. The Morgan fingerprint density at radius 2 is 1.45 bits per heavy atom. The van der Waals surface area contributed by atoms with Gasteiger partial charge in [-0.1, -0.05) is 0 Å². The lowest BCUT2D eigenvalue weighted by Crippen LogP contribution is -2.50. The van der Waals surface area contributed by atoms with Gasteiger partial charge in [0, 0.05) is 43.3 Å². The maximum absolute atomic E-state index is 12.8. The molecule has 2 aliphatic rings. The van der Waals surface area contributed by atoms with Crippen molar-refractivity contribution in [2.24, 2.45) is 5.92 Å². The Balaban J connectivity index is 1.35. The summed E-state index contributed by atoms with van der Waals surface area (Å²) in [5.41, 5.74) is 0.101. The molecule has 0 bridgehead atoms. The Labute approximate surface area is 189 Å². The van der Waals surface area contributed by atoms with E-state index in [9.17, 15) is 31.2 Å². The first-order valence-electron chi connectivity index (χ1n) is 10.4. The summed E-state index contributed by atoms with van der Waals surface area (Å²) < 4.78 is 64.9. The second-order valence-corrected chi connectivity index (χ2v) is 10.00. The van der Waals surface area contributed by atoms with Gasteiger partial charge in [0.15, 0.2) is 0 Å². The van der Waals surface area contributed by atoms with Gasteiger partial charge in [0.1, 0.15) is 0 Å². The molecule has 0 radical (unpaired) electrons. The molecule has 0 spiro atoms. The smallest absolute Gasteiger partial charge is 0.336 e. The average Bonchev–Trinajstić information content (AvgIpc) is 3.64. The normalized spacial score (nSPS) is 17.6. The summed E-state index contributed by atoms with van der Waals surface area (Å²) in [4.78, 5) is 25.9. The number of piperazine rings is 1. The molecule has 1 heterocycles. The molecule has 7 nitrogen and oxygen atoms in total. The predicted molar refractivity (Wildman–Crippen MR) is 114 cm³/mol. The van der Waals surface area contributed by atoms with Crippen molar-refractivity contribution >= 4 is 27.5 Å². The predicted octanol–water partition coefficient (Wildman–Crippen LogP) is 3.20. The number of benzene rings is 2. The number of alkyl halides is 3. The molecule has 0 unspecified atom stereocenters. The van der Waals surface area contributed by atoms with E-state index in [0.29, 0.717) is 11.3 Å². The van der Waals surface area contributed by atoms with Crippen LogP contribution in [0.1, 0.15) is 28.8 Å². The van der Waals surface area contributed by atoms with Crippen LogP contribution in [0.25, 0.3) is 0 Å². The van der Waals surface area contributed by atoms with Gasteiger partial charge in [0.2, 0.25) is 15.9 Å². The Kier molecular flexibility index (Phi) is 6.19. The van der Waals surface area contributed by atoms with Gasteiger partial charge in [-0.05, 0) is 61.4 Å². The number of sulfonamides is 1. The average molecular weight is 481 g/mol. The molecule has 0 atom stereocenters. The van der Waals surface area contributed by atoms with Crippen LogP contribution in [0.5, 0.6) is 0 Å². The summed E-state index contributed by atoms with van der Waals surface area (Å²) >= 11 is 0. The van der Waals surface area contributed by atoms with E-state index in [0.717, 1.165) is 41.4 Å². The van der Waals surface area contributed by atoms with E-state index in [4.69, 9.17) is 0 Å². The van der Waals surface area contributed by atoms with E-state index in [2.05, 4.69) is 5.32 Å². The number of hydrogen-bond donors (Lipinski definition) is 1. The fourth-order valence-corrected chi connectivity index (χ4v) is 4.99. The standard InChI is InChI=1S/C22H22F3N3O4S/c23-22(24,25)17-5-9-19(10-6-17)33(31,32)28-13-11-27(12-14-28)21(30)16-3-7-18(8-4-16)26-20(29)15-1-2-15/h3-10,15H,1-2,11-14H2,(H,26,29). The van der Waals surface area contributed by atoms with Gasteiger partial charge in [-0.2, -0.15) is 17.5 Å². The summed E-state index contributed by atoms with van der Waals surface area (Å²) in [5, 5.41) is 2.80. The Morgan fingerprint density at radius 3 is 1.97 bits per heavy atom. The molecule has 1 saturated heterocycles. The molecular weight excluding hydrogens is 459 g/mol. The van der Waals surface area contributed by atoms with Crippen molar-refractivity contribution in [2.45, 2.75) is 23.9 Å². The van der Waals surface area contributed by atoms with Crippen LogP contribution < -0.4 is 5.32 Å². The second kappa shape index (κ2) is 8.79. The lowest BCUT2D eigenvalue weighted by Gasteiger charge is -2.34. The van der Waals surface area contributed by atoms with Gasteiger partial charge in [-0.25, -0.2) is 8.42 Å². The number of halogens is 3. The molecule has 1 N–H and O–H groups in total. The van der Waals surface area contributed by atoms with Crippen molar-refractivity contribution in [1.29, 1.82) is 0 Å². The van der Waals surface area contributed by atoms with E-state index < -0.39 is 21.8 Å². The first-order valence-corrected chi connectivity index (χ1v) is 11.9. The lowest BCUT2D eigenvalue weighted by atomic mass is 10.1. The van der Waals surface area contributed by atoms with Crippen LogP contribution in [0, 0.1) is 5.92 Å². The van der Waals surface area contributed by atoms with Crippen LogP contribution in [0.4, 0.5) is 18.9 Å². The maximum Gasteiger partial charge on any atom is 0.416 e. The van der Waals surface area contributed by atoms with Crippen LogP contribution in [-0.2, 0) is 21.0 Å². The Hall–Kier alpha value is -2.92. The van der Waals surface area contributed by atoms with Crippen molar-refractivity contribution in [3.8, 4) is 0 Å². The highest BCUT2D eigenvalue weighted by Crippen LogP contribution is 2.31. The van der Waals surface area contributed by atoms with Gasteiger partial charge in [0.25, 0.3) is 5.91 Å². The highest BCUT2D eigenvalue weighted by atomic mass is 32.2. The molecule has 0 aromatic heterocycles. The van der Waals surface area contributed by atoms with Crippen molar-refractivity contribution in [3.05, 3.63) is 59.7 Å². The Morgan fingerprint density at radius 1 is 0.879 bits per heavy atom. The monoisotopic (exact) mass is 481 g/mol. The number of carbonyl (C=O) groups is 2. The van der Waals surface area contributed by atoms with Crippen molar-refractivity contribution in [1.82, 2.24) is 9.21 Å². The quantitative estimate of drug-likeness (QED) is 0.711. The van der Waals surface area contributed by atoms with Gasteiger partial charge < -0.3 is 10.2 Å². The second-order valence-electron chi connectivity index (χ2n) is 8.06. The van der Waals surface area contributed by atoms with Gasteiger partial charge in [0.05, 0.1) is 10.5 Å². The summed E-state index contributed by atoms with van der Waals surface area (Å²) in [5.74, 6) is -0.220. The molecular formula is C22H22F3N3O4S. The minimum absolute atomic E-state index is 0.0283. The minimum atomic E-state index is -4.55. The minimum Gasteiger partial charge on any atom is -0.336 e. The third kappa shape index (κ3) is 5.19. The first-order chi connectivity index (χ1) is 15.6. The van der Waals surface area contributed by atoms with Gasteiger partial charge in [-0.3, -0.25) is 9.59 Å². The summed E-state index contributed by atoms with van der Waals surface area (Å²) in [6.07, 6.45) is -2.76. The maximum atomic E-state index is 12.8. The molecule has 1 saturated carbocycles. The van der Waals surface area contributed by atoms with Gasteiger partial charge in [-0.15, -0.1) is 0 Å². The zero-order chi connectivity index (χ0) is 23.8. The fraction of sp³-hybridized carbons (Fsp3) is 0.364. The van der Waals surface area contributed by atoms with Crippen molar-refractivity contribution in [3.63, 3.8) is 0 Å². The summed E-state index contributed by atoms with van der Waals surface area (Å²) in [7, 11) is -3.97. The van der Waals surface area contributed by atoms with Crippen molar-refractivity contribution < 1.29 is 31.2 Å². The molecule has 1 aliphatic carbocycles. The molecule has 1 aliphatic heterocycles. The number of nitrogens with one attached hydrogen (secondary N) is 1. The molecule has 2 aromatic carbocycles. The van der Waals surface area contributed by atoms with Crippen LogP contribution in [0.2, 0.25) is 0 Å². The summed E-state index contributed by atoms with van der Waals surface area (Å²) in [6.45, 7) is 0.368. The molecule has 2 fully saturated rings. The van der Waals surface area contributed by atoms with Gasteiger partial charge >= 0.3 is 6.18 Å². The van der Waals surface area contributed by atoms with Crippen LogP contribution in [-0.4, -0.2) is 55.6 Å².